The normalized spacial score (nSPS) is 11.5. The number of rotatable bonds is 8. The van der Waals surface area contributed by atoms with Gasteiger partial charge in [0.15, 0.2) is 0 Å². The Morgan fingerprint density at radius 3 is 2.57 bits per heavy atom. The van der Waals surface area contributed by atoms with Crippen LogP contribution in [-0.2, 0) is 22.6 Å². The summed E-state index contributed by atoms with van der Waals surface area (Å²) in [7, 11) is 0. The van der Waals surface area contributed by atoms with Crippen molar-refractivity contribution in [2.24, 2.45) is 0 Å². The zero-order valence-corrected chi connectivity index (χ0v) is 17.3. The molecular formula is C20H22BrN3O4. The van der Waals surface area contributed by atoms with E-state index in [-0.39, 0.29) is 30.5 Å². The minimum atomic E-state index is -0.714. The van der Waals surface area contributed by atoms with Gasteiger partial charge in [0.05, 0.1) is 11.3 Å². The average molecular weight is 448 g/mol. The summed E-state index contributed by atoms with van der Waals surface area (Å²) in [4.78, 5) is 37.6. The zero-order valence-electron chi connectivity index (χ0n) is 15.7. The first-order valence-corrected chi connectivity index (χ1v) is 9.66. The summed E-state index contributed by atoms with van der Waals surface area (Å²) in [5.41, 5.74) is 1.06. The summed E-state index contributed by atoms with van der Waals surface area (Å²) in [6.07, 6.45) is -0.158. The van der Waals surface area contributed by atoms with Crippen molar-refractivity contribution in [2.75, 3.05) is 6.54 Å². The highest BCUT2D eigenvalue weighted by Crippen LogP contribution is 2.21. The first-order chi connectivity index (χ1) is 13.3. The number of amides is 2. The molecule has 2 rings (SSSR count). The Kier molecular flexibility index (Phi) is 7.69. The molecule has 0 bridgehead atoms. The maximum Gasteiger partial charge on any atom is 0.273 e. The molecule has 0 saturated carbocycles. The van der Waals surface area contributed by atoms with Crippen molar-refractivity contribution in [3.05, 3.63) is 74.2 Å². The van der Waals surface area contributed by atoms with Crippen LogP contribution in [0.5, 0.6) is 0 Å². The van der Waals surface area contributed by atoms with E-state index < -0.39 is 11.0 Å². The van der Waals surface area contributed by atoms with Crippen LogP contribution in [-0.4, -0.2) is 34.2 Å². The van der Waals surface area contributed by atoms with Crippen LogP contribution in [0, 0.1) is 10.1 Å². The molecule has 28 heavy (non-hydrogen) atoms. The second-order valence-corrected chi connectivity index (χ2v) is 7.20. The van der Waals surface area contributed by atoms with E-state index in [4.69, 9.17) is 0 Å². The first kappa shape index (κ1) is 21.6. The minimum absolute atomic E-state index is 0.107. The topological polar surface area (TPSA) is 92.6 Å². The molecule has 0 aliphatic heterocycles. The fourth-order valence-electron chi connectivity index (χ4n) is 2.84. The van der Waals surface area contributed by atoms with Gasteiger partial charge >= 0.3 is 0 Å². The molecule has 0 aromatic heterocycles. The molecule has 0 unspecified atom stereocenters. The standard InChI is InChI=1S/C20H22BrN3O4/c1-3-22-20(26)14(2)23(13-15-7-6-9-17(21)11-15)19(25)12-16-8-4-5-10-18(16)24(27)28/h4-11,14H,3,12-13H2,1-2H3,(H,22,26)/t14-/m1/s1. The second kappa shape index (κ2) is 9.98. The number of nitrogens with one attached hydrogen (secondary N) is 1. The monoisotopic (exact) mass is 447 g/mol. The third-order valence-corrected chi connectivity index (χ3v) is 4.78. The number of hydrogen-bond donors (Lipinski definition) is 1. The molecule has 0 spiro atoms. The molecule has 1 N–H and O–H groups in total. The molecule has 7 nitrogen and oxygen atoms in total. The van der Waals surface area contributed by atoms with Gasteiger partial charge in [-0.1, -0.05) is 46.3 Å². The van der Waals surface area contributed by atoms with Gasteiger partial charge in [-0.05, 0) is 31.5 Å². The van der Waals surface area contributed by atoms with Crippen LogP contribution in [0.15, 0.2) is 53.0 Å². The molecule has 0 aliphatic carbocycles. The molecule has 2 amide bonds. The maximum absolute atomic E-state index is 13.0. The summed E-state index contributed by atoms with van der Waals surface area (Å²) in [5, 5.41) is 14.0. The van der Waals surface area contributed by atoms with Crippen LogP contribution in [0.2, 0.25) is 0 Å². The number of carbonyl (C=O) groups excluding carboxylic acids is 2. The number of likely N-dealkylation sites (N-methyl/N-ethyl adjacent to an activating group) is 1. The summed E-state index contributed by atoms with van der Waals surface area (Å²) in [6.45, 7) is 4.13. The summed E-state index contributed by atoms with van der Waals surface area (Å²) < 4.78 is 0.863. The minimum Gasteiger partial charge on any atom is -0.355 e. The molecule has 0 fully saturated rings. The molecule has 148 valence electrons. The average Bonchev–Trinajstić information content (AvgIpc) is 2.66. The summed E-state index contributed by atoms with van der Waals surface area (Å²) in [6, 6.07) is 12.9. The molecule has 8 heteroatoms. The quantitative estimate of drug-likeness (QED) is 0.495. The third-order valence-electron chi connectivity index (χ3n) is 4.29. The third kappa shape index (κ3) is 5.63. The number of nitrogens with zero attached hydrogens (tertiary/aromatic N) is 2. The zero-order chi connectivity index (χ0) is 20.7. The Balaban J connectivity index is 2.31. The van der Waals surface area contributed by atoms with E-state index in [9.17, 15) is 19.7 Å². The number of carbonyl (C=O) groups is 2. The van der Waals surface area contributed by atoms with E-state index in [1.165, 1.54) is 11.0 Å². The van der Waals surface area contributed by atoms with Crippen LogP contribution in [0.4, 0.5) is 5.69 Å². The van der Waals surface area contributed by atoms with Gasteiger partial charge in [-0.15, -0.1) is 0 Å². The first-order valence-electron chi connectivity index (χ1n) is 8.87. The van der Waals surface area contributed by atoms with Crippen molar-refractivity contribution in [2.45, 2.75) is 32.9 Å². The number of para-hydroxylation sites is 1. The second-order valence-electron chi connectivity index (χ2n) is 6.28. The smallest absolute Gasteiger partial charge is 0.273 e. The van der Waals surface area contributed by atoms with Crippen molar-refractivity contribution in [1.29, 1.82) is 0 Å². The Morgan fingerprint density at radius 2 is 1.93 bits per heavy atom. The fourth-order valence-corrected chi connectivity index (χ4v) is 3.29. The van der Waals surface area contributed by atoms with Crippen molar-refractivity contribution in [1.82, 2.24) is 10.2 Å². The molecule has 0 heterocycles. The lowest BCUT2D eigenvalue weighted by molar-refractivity contribution is -0.385. The number of halogens is 1. The van der Waals surface area contributed by atoms with Gasteiger partial charge in [0, 0.05) is 29.2 Å². The predicted molar refractivity (Wildman–Crippen MR) is 110 cm³/mol. The van der Waals surface area contributed by atoms with Gasteiger partial charge in [0.2, 0.25) is 11.8 Å². The van der Waals surface area contributed by atoms with Crippen LogP contribution in [0.1, 0.15) is 25.0 Å². The lowest BCUT2D eigenvalue weighted by Gasteiger charge is -2.29. The van der Waals surface area contributed by atoms with Gasteiger partial charge in [-0.3, -0.25) is 19.7 Å². The van der Waals surface area contributed by atoms with Crippen molar-refractivity contribution < 1.29 is 14.5 Å². The van der Waals surface area contributed by atoms with Crippen molar-refractivity contribution >= 4 is 33.4 Å². The Hall–Kier alpha value is -2.74. The van der Waals surface area contributed by atoms with Gasteiger partial charge in [-0.2, -0.15) is 0 Å². The van der Waals surface area contributed by atoms with Crippen LogP contribution >= 0.6 is 15.9 Å². The van der Waals surface area contributed by atoms with E-state index in [2.05, 4.69) is 21.2 Å². The van der Waals surface area contributed by atoms with E-state index >= 15 is 0 Å². The molecule has 0 saturated heterocycles. The SMILES string of the molecule is CCNC(=O)[C@@H](C)N(Cc1cccc(Br)c1)C(=O)Cc1ccccc1[N+](=O)[O-]. The Bertz CT molecular complexity index is 872. The predicted octanol–water partition coefficient (Wildman–Crippen LogP) is 3.45. The molecule has 2 aromatic rings. The maximum atomic E-state index is 13.0. The fraction of sp³-hybridized carbons (Fsp3) is 0.300. The highest BCUT2D eigenvalue weighted by Gasteiger charge is 2.27. The molecule has 1 atom stereocenters. The van der Waals surface area contributed by atoms with Crippen molar-refractivity contribution in [3.63, 3.8) is 0 Å². The number of nitro benzene ring substituents is 1. The largest absolute Gasteiger partial charge is 0.355 e. The van der Waals surface area contributed by atoms with Crippen LogP contribution < -0.4 is 5.32 Å². The summed E-state index contributed by atoms with van der Waals surface area (Å²) >= 11 is 3.40. The Morgan fingerprint density at radius 1 is 1.21 bits per heavy atom. The molecule has 0 aliphatic rings. The number of nitro groups is 1. The van der Waals surface area contributed by atoms with E-state index in [0.29, 0.717) is 12.1 Å². The van der Waals surface area contributed by atoms with E-state index in [1.54, 1.807) is 32.0 Å². The lowest BCUT2D eigenvalue weighted by Crippen LogP contribution is -2.48. The van der Waals surface area contributed by atoms with Gasteiger partial charge < -0.3 is 10.2 Å². The lowest BCUT2D eigenvalue weighted by atomic mass is 10.1. The molecular weight excluding hydrogens is 426 g/mol. The molecule has 0 radical (unpaired) electrons. The van der Waals surface area contributed by atoms with E-state index in [1.807, 2.05) is 24.3 Å². The van der Waals surface area contributed by atoms with Gasteiger partial charge in [0.1, 0.15) is 6.04 Å². The summed E-state index contributed by atoms with van der Waals surface area (Å²) in [5.74, 6) is -0.624. The Labute approximate surface area is 172 Å². The van der Waals surface area contributed by atoms with Gasteiger partial charge in [-0.25, -0.2) is 0 Å². The highest BCUT2D eigenvalue weighted by molar-refractivity contribution is 9.10. The number of hydrogen-bond acceptors (Lipinski definition) is 4. The number of benzene rings is 2. The van der Waals surface area contributed by atoms with Gasteiger partial charge in [0.25, 0.3) is 5.69 Å². The van der Waals surface area contributed by atoms with Crippen LogP contribution in [0.3, 0.4) is 0 Å². The highest BCUT2D eigenvalue weighted by atomic mass is 79.9. The van der Waals surface area contributed by atoms with E-state index in [0.717, 1.165) is 10.0 Å². The van der Waals surface area contributed by atoms with Crippen molar-refractivity contribution in [3.8, 4) is 0 Å². The van der Waals surface area contributed by atoms with Crippen LogP contribution in [0.25, 0.3) is 0 Å². The molecule has 2 aromatic carbocycles.